The average Bonchev–Trinajstić information content (AvgIpc) is 3.13. The van der Waals surface area contributed by atoms with E-state index in [4.69, 9.17) is 11.6 Å². The number of aromatic nitrogens is 2. The smallest absolute Gasteiger partial charge is 0.269 e. The second-order valence-corrected chi connectivity index (χ2v) is 5.28. The van der Waals surface area contributed by atoms with Gasteiger partial charge in [0.05, 0.1) is 5.02 Å². The molecule has 1 saturated heterocycles. The lowest BCUT2D eigenvalue weighted by atomic mass is 10.2. The topological polar surface area (TPSA) is 78.1 Å². The number of halogens is 2. The van der Waals surface area contributed by atoms with Crippen molar-refractivity contribution < 1.29 is 14.0 Å². The van der Waals surface area contributed by atoms with Crippen molar-refractivity contribution in [1.82, 2.24) is 15.5 Å². The van der Waals surface area contributed by atoms with E-state index in [1.807, 2.05) is 0 Å². The lowest BCUT2D eigenvalue weighted by Crippen LogP contribution is -2.41. The normalized spacial score (nSPS) is 17.8. The second-order valence-electron chi connectivity index (χ2n) is 4.87. The molecule has 8 heteroatoms. The van der Waals surface area contributed by atoms with Gasteiger partial charge < -0.3 is 10.2 Å². The molecule has 2 amide bonds. The maximum Gasteiger partial charge on any atom is 0.269 e. The Hall–Kier alpha value is -2.41. The zero-order valence-corrected chi connectivity index (χ0v) is 12.1. The van der Waals surface area contributed by atoms with Crippen molar-refractivity contribution in [2.75, 3.05) is 11.4 Å². The molecule has 0 bridgehead atoms. The Balaban J connectivity index is 1.72. The largest absolute Gasteiger partial charge is 0.339 e. The first-order valence-electron chi connectivity index (χ1n) is 6.63. The summed E-state index contributed by atoms with van der Waals surface area (Å²) in [5, 5.41) is 8.82. The quantitative estimate of drug-likeness (QED) is 0.903. The summed E-state index contributed by atoms with van der Waals surface area (Å²) in [5.41, 5.74) is 0.797. The molecule has 1 unspecified atom stereocenters. The molecule has 0 aliphatic carbocycles. The summed E-state index contributed by atoms with van der Waals surface area (Å²) >= 11 is 5.73. The summed E-state index contributed by atoms with van der Waals surface area (Å²) < 4.78 is 13.2. The Labute approximate surface area is 130 Å². The second kappa shape index (κ2) is 5.76. The van der Waals surface area contributed by atoms with Crippen molar-refractivity contribution in [3.63, 3.8) is 0 Å². The molecule has 1 atom stereocenters. The van der Waals surface area contributed by atoms with Crippen molar-refractivity contribution in [1.29, 1.82) is 0 Å². The van der Waals surface area contributed by atoms with Crippen LogP contribution < -0.4 is 10.2 Å². The predicted octanol–water partition coefficient (Wildman–Crippen LogP) is 1.74. The van der Waals surface area contributed by atoms with Gasteiger partial charge in [0.1, 0.15) is 17.6 Å². The molecule has 1 aliphatic heterocycles. The number of aromatic amines is 1. The van der Waals surface area contributed by atoms with Crippen molar-refractivity contribution in [2.45, 2.75) is 12.5 Å². The van der Waals surface area contributed by atoms with Gasteiger partial charge in [-0.2, -0.15) is 5.10 Å². The summed E-state index contributed by atoms with van der Waals surface area (Å²) in [4.78, 5) is 25.8. The number of nitrogens with one attached hydrogen (secondary N) is 2. The molecular formula is C14H12ClFN4O2. The van der Waals surface area contributed by atoms with E-state index in [1.54, 1.807) is 0 Å². The maximum atomic E-state index is 13.2. The van der Waals surface area contributed by atoms with Crippen molar-refractivity contribution in [3.8, 4) is 0 Å². The molecule has 1 aromatic heterocycles. The van der Waals surface area contributed by atoms with Crippen LogP contribution in [0.15, 0.2) is 30.5 Å². The molecular weight excluding hydrogens is 311 g/mol. The zero-order valence-electron chi connectivity index (χ0n) is 11.3. The number of nitrogens with zero attached hydrogens (tertiary/aromatic N) is 2. The van der Waals surface area contributed by atoms with Gasteiger partial charge in [-0.15, -0.1) is 0 Å². The molecule has 2 N–H and O–H groups in total. The summed E-state index contributed by atoms with van der Waals surface area (Å²) in [7, 11) is 0. The molecule has 3 rings (SSSR count). The van der Waals surface area contributed by atoms with Gasteiger partial charge in [0, 0.05) is 18.4 Å². The number of carbonyl (C=O) groups is 2. The standard InChI is InChI=1S/C14H12ClFN4O2/c15-9-7-8(1-2-10(9)16)20-6-4-12(14(20)22)18-13(21)11-3-5-17-19-11/h1-3,5,7,12H,4,6H2,(H,17,19)(H,18,21). The number of carbonyl (C=O) groups excluding carboxylic acids is 2. The first kappa shape index (κ1) is 14.5. The Morgan fingerprint density at radius 1 is 1.45 bits per heavy atom. The van der Waals surface area contributed by atoms with Gasteiger partial charge >= 0.3 is 0 Å². The number of rotatable bonds is 3. The highest BCUT2D eigenvalue weighted by molar-refractivity contribution is 6.31. The van der Waals surface area contributed by atoms with Crippen LogP contribution in [0.4, 0.5) is 10.1 Å². The molecule has 2 heterocycles. The zero-order chi connectivity index (χ0) is 15.7. The van der Waals surface area contributed by atoms with Crippen LogP contribution in [-0.2, 0) is 4.79 Å². The molecule has 0 saturated carbocycles. The van der Waals surface area contributed by atoms with Crippen LogP contribution in [0, 0.1) is 5.82 Å². The fourth-order valence-corrected chi connectivity index (χ4v) is 2.52. The van der Waals surface area contributed by atoms with Crippen LogP contribution in [0.25, 0.3) is 0 Å². The SMILES string of the molecule is O=C(NC1CCN(c2ccc(F)c(Cl)c2)C1=O)c1ccn[nH]1. The lowest BCUT2D eigenvalue weighted by Gasteiger charge is -2.17. The van der Waals surface area contributed by atoms with E-state index in [2.05, 4.69) is 15.5 Å². The Bertz CT molecular complexity index is 720. The predicted molar refractivity (Wildman–Crippen MR) is 78.2 cm³/mol. The minimum Gasteiger partial charge on any atom is -0.339 e. The molecule has 0 radical (unpaired) electrons. The minimum absolute atomic E-state index is 0.0461. The van der Waals surface area contributed by atoms with E-state index < -0.39 is 17.8 Å². The molecule has 0 spiro atoms. The molecule has 1 fully saturated rings. The summed E-state index contributed by atoms with van der Waals surface area (Å²) in [6.07, 6.45) is 1.92. The van der Waals surface area contributed by atoms with E-state index in [9.17, 15) is 14.0 Å². The molecule has 6 nitrogen and oxygen atoms in total. The van der Waals surface area contributed by atoms with Gasteiger partial charge in [-0.25, -0.2) is 4.39 Å². The average molecular weight is 323 g/mol. The summed E-state index contributed by atoms with van der Waals surface area (Å²) in [6, 6.07) is 4.99. The third-order valence-electron chi connectivity index (χ3n) is 3.47. The number of anilines is 1. The van der Waals surface area contributed by atoms with Gasteiger partial charge in [-0.3, -0.25) is 14.7 Å². The van der Waals surface area contributed by atoms with Crippen molar-refractivity contribution in [3.05, 3.63) is 47.0 Å². The molecule has 22 heavy (non-hydrogen) atoms. The number of amides is 2. The summed E-state index contributed by atoms with van der Waals surface area (Å²) in [6.45, 7) is 0.425. The molecule has 1 aromatic carbocycles. The third kappa shape index (κ3) is 2.67. The fraction of sp³-hybridized carbons (Fsp3) is 0.214. The highest BCUT2D eigenvalue weighted by Gasteiger charge is 2.34. The van der Waals surface area contributed by atoms with E-state index in [1.165, 1.54) is 35.4 Å². The highest BCUT2D eigenvalue weighted by atomic mass is 35.5. The first-order valence-corrected chi connectivity index (χ1v) is 7.01. The monoisotopic (exact) mass is 322 g/mol. The van der Waals surface area contributed by atoms with Crippen LogP contribution in [0.5, 0.6) is 0 Å². The Morgan fingerprint density at radius 3 is 2.95 bits per heavy atom. The van der Waals surface area contributed by atoms with Gasteiger partial charge in [0.15, 0.2) is 0 Å². The number of H-pyrrole nitrogens is 1. The third-order valence-corrected chi connectivity index (χ3v) is 3.76. The fourth-order valence-electron chi connectivity index (χ4n) is 2.34. The van der Waals surface area contributed by atoms with E-state index in [0.29, 0.717) is 18.7 Å². The minimum atomic E-state index is -0.625. The van der Waals surface area contributed by atoms with Crippen molar-refractivity contribution >= 4 is 29.1 Å². The van der Waals surface area contributed by atoms with Gasteiger partial charge in [-0.1, -0.05) is 11.6 Å². The first-order chi connectivity index (χ1) is 10.6. The maximum absolute atomic E-state index is 13.2. The Morgan fingerprint density at radius 2 is 2.27 bits per heavy atom. The van der Waals surface area contributed by atoms with Crippen LogP contribution in [0.3, 0.4) is 0 Å². The highest BCUT2D eigenvalue weighted by Crippen LogP contribution is 2.26. The molecule has 2 aromatic rings. The molecule has 1 aliphatic rings. The molecule has 114 valence electrons. The number of hydrogen-bond acceptors (Lipinski definition) is 3. The number of benzene rings is 1. The van der Waals surface area contributed by atoms with Crippen LogP contribution in [0.2, 0.25) is 5.02 Å². The van der Waals surface area contributed by atoms with Gasteiger partial charge in [0.25, 0.3) is 5.91 Å². The van der Waals surface area contributed by atoms with Crippen LogP contribution >= 0.6 is 11.6 Å². The van der Waals surface area contributed by atoms with Gasteiger partial charge in [0.2, 0.25) is 5.91 Å². The van der Waals surface area contributed by atoms with Gasteiger partial charge in [-0.05, 0) is 30.7 Å². The van der Waals surface area contributed by atoms with Crippen LogP contribution in [-0.4, -0.2) is 34.6 Å². The summed E-state index contributed by atoms with van der Waals surface area (Å²) in [5.74, 6) is -1.19. The van der Waals surface area contributed by atoms with Crippen molar-refractivity contribution in [2.24, 2.45) is 0 Å². The Kier molecular flexibility index (Phi) is 3.81. The van der Waals surface area contributed by atoms with E-state index in [0.717, 1.165) is 0 Å². The van der Waals surface area contributed by atoms with E-state index >= 15 is 0 Å². The lowest BCUT2D eigenvalue weighted by molar-refractivity contribution is -0.118. The van der Waals surface area contributed by atoms with E-state index in [-0.39, 0.29) is 16.6 Å². The number of hydrogen-bond donors (Lipinski definition) is 2. The van der Waals surface area contributed by atoms with Crippen LogP contribution in [0.1, 0.15) is 16.9 Å².